The molecule has 0 aliphatic carbocycles. The summed E-state index contributed by atoms with van der Waals surface area (Å²) < 4.78 is 25.5. The topological polar surface area (TPSA) is 30.8 Å². The molecule has 0 radical (unpaired) electrons. The number of ether oxygens (including phenoxy) is 2. The fourth-order valence-corrected chi connectivity index (χ4v) is 2.73. The van der Waals surface area contributed by atoms with Crippen molar-refractivity contribution < 1.29 is 13.9 Å². The lowest BCUT2D eigenvalue weighted by atomic mass is 9.87. The highest BCUT2D eigenvalue weighted by molar-refractivity contribution is 5.95. The van der Waals surface area contributed by atoms with Gasteiger partial charge in [-0.25, -0.2) is 9.38 Å². The van der Waals surface area contributed by atoms with Crippen LogP contribution in [0, 0.1) is 0 Å². The first kappa shape index (κ1) is 14.5. The number of nitrogens with zero attached hydrogens (tertiary/aromatic N) is 1. The van der Waals surface area contributed by atoms with Gasteiger partial charge in [-0.1, -0.05) is 32.9 Å². The minimum Gasteiger partial charge on any atom is -0.440 e. The third-order valence-electron chi connectivity index (χ3n) is 4.14. The summed E-state index contributed by atoms with van der Waals surface area (Å²) in [6.45, 7) is 7.29. The fraction of sp³-hybridized carbons (Fsp3) is 0.588. The van der Waals surface area contributed by atoms with E-state index in [0.29, 0.717) is 18.9 Å². The molecular formula is C17H22FNO2. The smallest absolute Gasteiger partial charge is 0.263 e. The maximum Gasteiger partial charge on any atom is 0.263 e. The number of aliphatic imine (C=N–C) groups is 1. The van der Waals surface area contributed by atoms with Crippen molar-refractivity contribution in [2.75, 3.05) is 13.2 Å². The Morgan fingerprint density at radius 3 is 2.57 bits per heavy atom. The summed E-state index contributed by atoms with van der Waals surface area (Å²) in [6, 6.07) is 8.10. The molecule has 2 aliphatic heterocycles. The zero-order valence-corrected chi connectivity index (χ0v) is 12.9. The molecule has 0 amide bonds. The Kier molecular flexibility index (Phi) is 3.52. The molecule has 2 heterocycles. The van der Waals surface area contributed by atoms with Gasteiger partial charge < -0.3 is 9.47 Å². The van der Waals surface area contributed by atoms with Crippen LogP contribution in [-0.4, -0.2) is 31.0 Å². The lowest BCUT2D eigenvalue weighted by Crippen LogP contribution is -2.49. The fourth-order valence-electron chi connectivity index (χ4n) is 2.73. The molecule has 1 aromatic rings. The van der Waals surface area contributed by atoms with E-state index >= 15 is 0 Å². The molecular weight excluding hydrogens is 269 g/mol. The first-order valence-electron chi connectivity index (χ1n) is 7.53. The van der Waals surface area contributed by atoms with Crippen LogP contribution >= 0.6 is 0 Å². The average Bonchev–Trinajstić information content (AvgIpc) is 2.87. The van der Waals surface area contributed by atoms with Crippen LogP contribution in [0.3, 0.4) is 0 Å². The van der Waals surface area contributed by atoms with Crippen molar-refractivity contribution in [1.29, 1.82) is 0 Å². The molecule has 21 heavy (non-hydrogen) atoms. The molecule has 4 heteroatoms. The van der Waals surface area contributed by atoms with Crippen LogP contribution in [0.5, 0.6) is 0 Å². The molecule has 2 atom stereocenters. The molecule has 0 bridgehead atoms. The predicted octanol–water partition coefficient (Wildman–Crippen LogP) is 3.61. The molecule has 0 saturated carbocycles. The highest BCUT2D eigenvalue weighted by atomic mass is 19.1. The molecule has 114 valence electrons. The van der Waals surface area contributed by atoms with Gasteiger partial charge in [-0.2, -0.15) is 0 Å². The van der Waals surface area contributed by atoms with E-state index in [2.05, 4.69) is 37.9 Å². The Labute approximate surface area is 125 Å². The van der Waals surface area contributed by atoms with Crippen molar-refractivity contribution in [2.24, 2.45) is 4.99 Å². The van der Waals surface area contributed by atoms with Gasteiger partial charge in [0.2, 0.25) is 5.90 Å². The largest absolute Gasteiger partial charge is 0.440 e. The SMILES string of the molecule is CC(C)(C)c1ccc(C2=NCC3(OCCCC3F)O2)cc1. The first-order valence-corrected chi connectivity index (χ1v) is 7.53. The summed E-state index contributed by atoms with van der Waals surface area (Å²) in [5.41, 5.74) is 2.23. The standard InChI is InChI=1S/C17H22FNO2/c1-16(2,3)13-8-6-12(7-9-13)15-19-11-17(21-15)14(18)5-4-10-20-17/h6-9,14H,4-5,10-11H2,1-3H3. The molecule has 2 unspecified atom stereocenters. The highest BCUT2D eigenvalue weighted by Gasteiger charge is 2.49. The van der Waals surface area contributed by atoms with Crippen molar-refractivity contribution in [3.05, 3.63) is 35.4 Å². The molecule has 0 N–H and O–H groups in total. The Balaban J connectivity index is 1.77. The summed E-state index contributed by atoms with van der Waals surface area (Å²) >= 11 is 0. The third kappa shape index (κ3) is 2.69. The molecule has 2 aliphatic rings. The lowest BCUT2D eigenvalue weighted by molar-refractivity contribution is -0.232. The summed E-state index contributed by atoms with van der Waals surface area (Å²) in [5.74, 6) is -0.698. The molecule has 1 spiro atoms. The quantitative estimate of drug-likeness (QED) is 0.791. The van der Waals surface area contributed by atoms with Crippen LogP contribution in [0.15, 0.2) is 29.3 Å². The van der Waals surface area contributed by atoms with E-state index < -0.39 is 12.0 Å². The van der Waals surface area contributed by atoms with Gasteiger partial charge in [0, 0.05) is 5.56 Å². The second-order valence-corrected chi connectivity index (χ2v) is 6.82. The van der Waals surface area contributed by atoms with Gasteiger partial charge in [0.15, 0.2) is 6.17 Å². The van der Waals surface area contributed by atoms with E-state index in [1.165, 1.54) is 5.56 Å². The molecule has 0 aromatic heterocycles. The van der Waals surface area contributed by atoms with Crippen LogP contribution in [0.2, 0.25) is 0 Å². The predicted molar refractivity (Wildman–Crippen MR) is 80.4 cm³/mol. The van der Waals surface area contributed by atoms with Crippen LogP contribution in [-0.2, 0) is 14.9 Å². The van der Waals surface area contributed by atoms with E-state index in [1.807, 2.05) is 12.1 Å². The van der Waals surface area contributed by atoms with Crippen molar-refractivity contribution in [3.8, 4) is 0 Å². The Hall–Kier alpha value is -1.42. The molecule has 1 fully saturated rings. The Morgan fingerprint density at radius 2 is 1.95 bits per heavy atom. The maximum absolute atomic E-state index is 14.1. The van der Waals surface area contributed by atoms with Gasteiger partial charge in [-0.05, 0) is 36.0 Å². The molecule has 3 nitrogen and oxygen atoms in total. The van der Waals surface area contributed by atoms with Crippen molar-refractivity contribution in [2.45, 2.75) is 51.0 Å². The molecule has 1 saturated heterocycles. The number of alkyl halides is 1. The van der Waals surface area contributed by atoms with E-state index in [1.54, 1.807) is 0 Å². The summed E-state index contributed by atoms with van der Waals surface area (Å²) in [4.78, 5) is 4.35. The summed E-state index contributed by atoms with van der Waals surface area (Å²) in [6.07, 6.45) is 0.106. The Morgan fingerprint density at radius 1 is 1.24 bits per heavy atom. The van der Waals surface area contributed by atoms with Gasteiger partial charge in [0.1, 0.15) is 6.54 Å². The number of hydrogen-bond acceptors (Lipinski definition) is 3. The van der Waals surface area contributed by atoms with Gasteiger partial charge in [-0.3, -0.25) is 0 Å². The normalized spacial score (nSPS) is 29.3. The van der Waals surface area contributed by atoms with E-state index in [-0.39, 0.29) is 12.0 Å². The van der Waals surface area contributed by atoms with Crippen molar-refractivity contribution in [1.82, 2.24) is 0 Å². The van der Waals surface area contributed by atoms with Gasteiger partial charge in [-0.15, -0.1) is 0 Å². The minimum atomic E-state index is -1.18. The zero-order chi connectivity index (χ0) is 15.1. The first-order chi connectivity index (χ1) is 9.91. The summed E-state index contributed by atoms with van der Waals surface area (Å²) in [7, 11) is 0. The maximum atomic E-state index is 14.1. The molecule has 1 aromatic carbocycles. The number of hydrogen-bond donors (Lipinski definition) is 0. The average molecular weight is 291 g/mol. The second-order valence-electron chi connectivity index (χ2n) is 6.82. The third-order valence-corrected chi connectivity index (χ3v) is 4.14. The molecule has 3 rings (SSSR count). The van der Waals surface area contributed by atoms with Crippen molar-refractivity contribution >= 4 is 5.90 Å². The van der Waals surface area contributed by atoms with Crippen LogP contribution in [0.1, 0.15) is 44.7 Å². The van der Waals surface area contributed by atoms with Crippen LogP contribution < -0.4 is 0 Å². The number of halogens is 1. The van der Waals surface area contributed by atoms with Crippen LogP contribution in [0.25, 0.3) is 0 Å². The number of rotatable bonds is 1. The summed E-state index contributed by atoms with van der Waals surface area (Å²) in [5, 5.41) is 0. The monoisotopic (exact) mass is 291 g/mol. The van der Waals surface area contributed by atoms with Crippen LogP contribution in [0.4, 0.5) is 4.39 Å². The van der Waals surface area contributed by atoms with Gasteiger partial charge in [0.25, 0.3) is 5.79 Å². The lowest BCUT2D eigenvalue weighted by Gasteiger charge is -2.35. The van der Waals surface area contributed by atoms with E-state index in [9.17, 15) is 4.39 Å². The van der Waals surface area contributed by atoms with Gasteiger partial charge in [0.05, 0.1) is 6.61 Å². The van der Waals surface area contributed by atoms with E-state index in [4.69, 9.17) is 9.47 Å². The zero-order valence-electron chi connectivity index (χ0n) is 12.9. The highest BCUT2D eigenvalue weighted by Crippen LogP contribution is 2.34. The minimum absolute atomic E-state index is 0.106. The van der Waals surface area contributed by atoms with Crippen molar-refractivity contribution in [3.63, 3.8) is 0 Å². The Bertz CT molecular complexity index is 547. The number of benzene rings is 1. The van der Waals surface area contributed by atoms with Gasteiger partial charge >= 0.3 is 0 Å². The second kappa shape index (κ2) is 5.09. The van der Waals surface area contributed by atoms with E-state index in [0.717, 1.165) is 12.0 Å².